The van der Waals surface area contributed by atoms with Gasteiger partial charge in [-0.3, -0.25) is 0 Å². The Balaban J connectivity index is 1.54. The number of aromatic nitrogens is 2. The Hall–Kier alpha value is -3.17. The molecule has 2 aromatic carbocycles. The van der Waals surface area contributed by atoms with Crippen LogP contribution in [0.25, 0.3) is 0 Å². The maximum atomic E-state index is 13.1. The van der Waals surface area contributed by atoms with Crippen molar-refractivity contribution in [2.24, 2.45) is 0 Å². The van der Waals surface area contributed by atoms with Crippen LogP contribution in [0.1, 0.15) is 22.4 Å². The van der Waals surface area contributed by atoms with Crippen LogP contribution < -0.4 is 14.8 Å². The number of sulfonamides is 1. The lowest BCUT2D eigenvalue weighted by molar-refractivity contribution is 0.387. The number of nitrogens with zero attached hydrogens (tertiary/aromatic N) is 3. The molecule has 1 aliphatic heterocycles. The normalized spacial score (nSPS) is 14.0. The fourth-order valence-corrected chi connectivity index (χ4v) is 5.09. The molecule has 0 unspecified atom stereocenters. The van der Waals surface area contributed by atoms with Crippen LogP contribution in [0.5, 0.6) is 11.5 Å². The van der Waals surface area contributed by atoms with Gasteiger partial charge in [-0.05, 0) is 37.1 Å². The lowest BCUT2D eigenvalue weighted by Gasteiger charge is -2.27. The Kier molecular flexibility index (Phi) is 6.03. The Morgan fingerprint density at radius 3 is 2.38 bits per heavy atom. The molecule has 2 heterocycles. The topological polar surface area (TPSA) is 93.6 Å². The molecule has 32 heavy (non-hydrogen) atoms. The lowest BCUT2D eigenvalue weighted by Crippen LogP contribution is -2.36. The van der Waals surface area contributed by atoms with E-state index in [1.807, 2.05) is 32.0 Å². The largest absolute Gasteiger partial charge is 0.497 e. The van der Waals surface area contributed by atoms with E-state index in [2.05, 4.69) is 15.3 Å². The van der Waals surface area contributed by atoms with Gasteiger partial charge in [-0.15, -0.1) is 0 Å². The molecule has 3 aromatic rings. The maximum Gasteiger partial charge on any atom is 0.243 e. The minimum absolute atomic E-state index is 0.248. The second-order valence-electron chi connectivity index (χ2n) is 7.73. The van der Waals surface area contributed by atoms with Crippen LogP contribution in [0.3, 0.4) is 0 Å². The van der Waals surface area contributed by atoms with E-state index in [1.54, 1.807) is 38.6 Å². The van der Waals surface area contributed by atoms with Gasteiger partial charge >= 0.3 is 0 Å². The Bertz CT molecular complexity index is 1240. The average molecular weight is 455 g/mol. The van der Waals surface area contributed by atoms with Crippen LogP contribution in [-0.2, 0) is 23.0 Å². The fraction of sp³-hybridized carbons (Fsp3) is 0.304. The highest BCUT2D eigenvalue weighted by molar-refractivity contribution is 7.89. The van der Waals surface area contributed by atoms with E-state index >= 15 is 0 Å². The smallest absolute Gasteiger partial charge is 0.243 e. The first-order valence-corrected chi connectivity index (χ1v) is 11.7. The van der Waals surface area contributed by atoms with Gasteiger partial charge in [0.2, 0.25) is 16.0 Å². The summed E-state index contributed by atoms with van der Waals surface area (Å²) in [5.41, 5.74) is 4.39. The summed E-state index contributed by atoms with van der Waals surface area (Å²) in [7, 11) is -0.406. The van der Waals surface area contributed by atoms with E-state index in [0.29, 0.717) is 35.3 Å². The van der Waals surface area contributed by atoms with Crippen LogP contribution in [0.2, 0.25) is 0 Å². The summed E-state index contributed by atoms with van der Waals surface area (Å²) >= 11 is 0. The first-order valence-electron chi connectivity index (χ1n) is 10.2. The number of aryl methyl sites for hydroxylation is 2. The van der Waals surface area contributed by atoms with E-state index in [1.165, 1.54) is 4.31 Å². The molecule has 0 radical (unpaired) electrons. The van der Waals surface area contributed by atoms with Gasteiger partial charge in [0, 0.05) is 55.2 Å². The average Bonchev–Trinajstić information content (AvgIpc) is 2.80. The van der Waals surface area contributed by atoms with Gasteiger partial charge in [-0.2, -0.15) is 4.31 Å². The number of ether oxygens (including phenoxy) is 2. The molecule has 0 bridgehead atoms. The Morgan fingerprint density at radius 1 is 1.00 bits per heavy atom. The van der Waals surface area contributed by atoms with Crippen molar-refractivity contribution < 1.29 is 17.9 Å². The lowest BCUT2D eigenvalue weighted by atomic mass is 10.1. The standard InChI is InChI=1S/C23H26N4O4S/c1-15-5-6-21(9-16(15)2)32(28,29)27-8-7-22-17(14-27)13-24-23(26-22)25-18-10-19(30-3)12-20(11-18)31-4/h5-6,9-13H,7-8,14H2,1-4H3,(H,24,25,26). The zero-order chi connectivity index (χ0) is 22.9. The van der Waals surface area contributed by atoms with E-state index in [9.17, 15) is 8.42 Å². The van der Waals surface area contributed by atoms with Gasteiger partial charge in [0.1, 0.15) is 11.5 Å². The van der Waals surface area contributed by atoms with Crippen LogP contribution in [0.4, 0.5) is 11.6 Å². The molecule has 9 heteroatoms. The van der Waals surface area contributed by atoms with Gasteiger partial charge in [-0.1, -0.05) is 6.07 Å². The molecular weight excluding hydrogens is 428 g/mol. The molecular formula is C23H26N4O4S. The predicted molar refractivity (Wildman–Crippen MR) is 122 cm³/mol. The molecule has 0 amide bonds. The number of anilines is 2. The molecule has 0 aliphatic carbocycles. The maximum absolute atomic E-state index is 13.1. The minimum Gasteiger partial charge on any atom is -0.497 e. The van der Waals surface area contributed by atoms with E-state index < -0.39 is 10.0 Å². The zero-order valence-corrected chi connectivity index (χ0v) is 19.4. The SMILES string of the molecule is COc1cc(Nc2ncc3c(n2)CCN(S(=O)(=O)c2ccc(C)c(C)c2)C3)cc(OC)c1. The molecule has 0 atom stereocenters. The van der Waals surface area contributed by atoms with Gasteiger partial charge in [0.15, 0.2) is 0 Å². The predicted octanol–water partition coefficient (Wildman–Crippen LogP) is 3.60. The summed E-state index contributed by atoms with van der Waals surface area (Å²) in [4.78, 5) is 9.31. The second kappa shape index (κ2) is 8.76. The monoisotopic (exact) mass is 454 g/mol. The van der Waals surface area contributed by atoms with Crippen molar-refractivity contribution in [2.75, 3.05) is 26.1 Å². The molecule has 0 spiro atoms. The molecule has 0 saturated heterocycles. The first kappa shape index (κ1) is 22.0. The van der Waals surface area contributed by atoms with Crippen molar-refractivity contribution in [1.82, 2.24) is 14.3 Å². The number of methoxy groups -OCH3 is 2. The third-order valence-corrected chi connectivity index (χ3v) is 7.46. The number of nitrogens with one attached hydrogen (secondary N) is 1. The van der Waals surface area contributed by atoms with Gasteiger partial charge in [0.25, 0.3) is 0 Å². The number of benzene rings is 2. The van der Waals surface area contributed by atoms with Crippen LogP contribution in [-0.4, -0.2) is 43.5 Å². The van der Waals surface area contributed by atoms with Gasteiger partial charge < -0.3 is 14.8 Å². The zero-order valence-electron chi connectivity index (χ0n) is 18.5. The molecule has 8 nitrogen and oxygen atoms in total. The fourth-order valence-electron chi connectivity index (χ4n) is 3.59. The van der Waals surface area contributed by atoms with Crippen molar-refractivity contribution >= 4 is 21.7 Å². The number of hydrogen-bond donors (Lipinski definition) is 1. The molecule has 1 aromatic heterocycles. The third-order valence-electron chi connectivity index (χ3n) is 5.62. The third kappa shape index (κ3) is 4.39. The molecule has 4 rings (SSSR count). The van der Waals surface area contributed by atoms with Crippen LogP contribution >= 0.6 is 0 Å². The second-order valence-corrected chi connectivity index (χ2v) is 9.66. The highest BCUT2D eigenvalue weighted by Gasteiger charge is 2.29. The molecule has 1 N–H and O–H groups in total. The Morgan fingerprint density at radius 2 is 1.72 bits per heavy atom. The molecule has 0 saturated carbocycles. The number of hydrogen-bond acceptors (Lipinski definition) is 7. The summed E-state index contributed by atoms with van der Waals surface area (Å²) in [6.45, 7) is 4.50. The van der Waals surface area contributed by atoms with E-state index in [-0.39, 0.29) is 6.54 Å². The van der Waals surface area contributed by atoms with Crippen molar-refractivity contribution in [2.45, 2.75) is 31.7 Å². The van der Waals surface area contributed by atoms with Crippen molar-refractivity contribution in [3.63, 3.8) is 0 Å². The molecule has 168 valence electrons. The van der Waals surface area contributed by atoms with Crippen molar-refractivity contribution in [3.05, 3.63) is 65.0 Å². The Labute approximate surface area is 188 Å². The number of fused-ring (bicyclic) bond motifs is 1. The summed E-state index contributed by atoms with van der Waals surface area (Å²) in [6, 6.07) is 10.7. The summed E-state index contributed by atoms with van der Waals surface area (Å²) in [5.74, 6) is 1.73. The van der Waals surface area contributed by atoms with E-state index in [0.717, 1.165) is 28.1 Å². The number of rotatable bonds is 6. The highest BCUT2D eigenvalue weighted by atomic mass is 32.2. The summed E-state index contributed by atoms with van der Waals surface area (Å²) in [5, 5.41) is 3.17. The highest BCUT2D eigenvalue weighted by Crippen LogP contribution is 2.29. The van der Waals surface area contributed by atoms with Crippen LogP contribution in [0, 0.1) is 13.8 Å². The van der Waals surface area contributed by atoms with Crippen molar-refractivity contribution in [1.29, 1.82) is 0 Å². The van der Waals surface area contributed by atoms with Crippen molar-refractivity contribution in [3.8, 4) is 11.5 Å². The summed E-state index contributed by atoms with van der Waals surface area (Å²) in [6.07, 6.45) is 2.20. The molecule has 0 fully saturated rings. The summed E-state index contributed by atoms with van der Waals surface area (Å²) < 4.78 is 38.4. The van der Waals surface area contributed by atoms with Gasteiger partial charge in [0.05, 0.1) is 24.8 Å². The van der Waals surface area contributed by atoms with E-state index in [4.69, 9.17) is 9.47 Å². The minimum atomic E-state index is -3.58. The quantitative estimate of drug-likeness (QED) is 0.608. The van der Waals surface area contributed by atoms with Crippen LogP contribution in [0.15, 0.2) is 47.5 Å². The molecule has 1 aliphatic rings. The first-order chi connectivity index (χ1) is 15.3. The van der Waals surface area contributed by atoms with Gasteiger partial charge in [-0.25, -0.2) is 18.4 Å².